The predicted octanol–water partition coefficient (Wildman–Crippen LogP) is -1.07. The molecule has 0 bridgehead atoms. The highest BCUT2D eigenvalue weighted by Crippen LogP contribution is 2.18. The van der Waals surface area contributed by atoms with E-state index in [4.69, 9.17) is 0 Å². The molecule has 0 aromatic carbocycles. The van der Waals surface area contributed by atoms with E-state index in [1.54, 1.807) is 0 Å². The van der Waals surface area contributed by atoms with Crippen LogP contribution in [-0.2, 0) is 14.3 Å². The Kier molecular flexibility index (Phi) is 2.91. The van der Waals surface area contributed by atoms with E-state index < -0.39 is 24.3 Å². The molecule has 64 valence electrons. The van der Waals surface area contributed by atoms with E-state index in [0.717, 1.165) is 7.11 Å². The molecule has 0 aliphatic carbocycles. The van der Waals surface area contributed by atoms with Crippen LogP contribution in [0, 0.1) is 0 Å². The first-order valence-electron chi connectivity index (χ1n) is 2.56. The van der Waals surface area contributed by atoms with Gasteiger partial charge in [0.25, 0.3) is 0 Å². The van der Waals surface area contributed by atoms with Crippen LogP contribution in [0.3, 0.4) is 0 Å². The molecule has 4 nitrogen and oxygen atoms in total. The Bertz CT molecular complexity index is 177. The maximum Gasteiger partial charge on any atom is 0.377 e. The zero-order valence-electron chi connectivity index (χ0n) is 5.60. The molecule has 0 rings (SSSR count). The molecule has 0 aromatic rings. The van der Waals surface area contributed by atoms with Crippen LogP contribution in [-0.4, -0.2) is 25.0 Å². The summed E-state index contributed by atoms with van der Waals surface area (Å²) in [6.07, 6.45) is -1.65. The van der Waals surface area contributed by atoms with E-state index in [9.17, 15) is 23.5 Å². The van der Waals surface area contributed by atoms with Gasteiger partial charge in [-0.05, 0) is 0 Å². The zero-order valence-corrected chi connectivity index (χ0v) is 5.60. The molecule has 0 aliphatic heterocycles. The summed E-state index contributed by atoms with van der Waals surface area (Å²) in [7, 11) is 0.742. The van der Waals surface area contributed by atoms with Gasteiger partial charge in [-0.1, -0.05) is 0 Å². The fourth-order valence-corrected chi connectivity index (χ4v) is 0.403. The molecule has 0 aromatic heterocycles. The number of aliphatic carboxylic acids is 1. The fourth-order valence-electron chi connectivity index (χ4n) is 0.403. The summed E-state index contributed by atoms with van der Waals surface area (Å²) < 4.78 is 28.0. The number of halogens is 2. The molecule has 11 heavy (non-hydrogen) atoms. The third kappa shape index (κ3) is 2.92. The maximum atomic E-state index is 12.2. The van der Waals surface area contributed by atoms with Crippen LogP contribution in [0.5, 0.6) is 0 Å². The third-order valence-corrected chi connectivity index (χ3v) is 0.850. The third-order valence-electron chi connectivity index (χ3n) is 0.850. The molecule has 6 heteroatoms. The average Bonchev–Trinajstić information content (AvgIpc) is 1.83. The highest BCUT2D eigenvalue weighted by molar-refractivity contribution is 5.82. The summed E-state index contributed by atoms with van der Waals surface area (Å²) in [5, 5.41) is 9.64. The van der Waals surface area contributed by atoms with Gasteiger partial charge in [0.2, 0.25) is 0 Å². The molecule has 0 saturated heterocycles. The van der Waals surface area contributed by atoms with Gasteiger partial charge >= 0.3 is 11.9 Å². The van der Waals surface area contributed by atoms with E-state index in [1.807, 2.05) is 0 Å². The Morgan fingerprint density at radius 3 is 2.27 bits per heavy atom. The summed E-state index contributed by atoms with van der Waals surface area (Å²) in [4.78, 5) is 19.7. The number of hydrogen-bond donors (Lipinski definition) is 0. The Labute approximate surface area is 60.8 Å². The first-order valence-corrected chi connectivity index (χ1v) is 2.56. The summed E-state index contributed by atoms with van der Waals surface area (Å²) in [6.45, 7) is 0. The Morgan fingerprint density at radius 1 is 1.55 bits per heavy atom. The lowest BCUT2D eigenvalue weighted by atomic mass is 10.2. The molecule has 0 radical (unpaired) electrons. The van der Waals surface area contributed by atoms with Crippen LogP contribution in [0.2, 0.25) is 0 Å². The molecule has 0 unspecified atom stereocenters. The quantitative estimate of drug-likeness (QED) is 0.502. The number of carboxylic acids is 1. The minimum absolute atomic E-state index is 0.742. The van der Waals surface area contributed by atoms with Crippen LogP contribution in [0.25, 0.3) is 0 Å². The number of ether oxygens (including phenoxy) is 1. The lowest BCUT2D eigenvalue weighted by Gasteiger charge is -2.12. The predicted molar refractivity (Wildman–Crippen MR) is 26.6 cm³/mol. The van der Waals surface area contributed by atoms with Crippen molar-refractivity contribution in [1.29, 1.82) is 0 Å². The highest BCUT2D eigenvalue weighted by atomic mass is 19.3. The van der Waals surface area contributed by atoms with Gasteiger partial charge in [-0.25, -0.2) is 4.79 Å². The number of alkyl halides is 2. The number of rotatable bonds is 3. The smallest absolute Gasteiger partial charge is 0.377 e. The number of carboxylic acid groups (broad SMARTS) is 1. The van der Waals surface area contributed by atoms with Crippen LogP contribution in [0.15, 0.2) is 0 Å². The summed E-state index contributed by atoms with van der Waals surface area (Å²) in [5.41, 5.74) is 0. The largest absolute Gasteiger partial charge is 0.550 e. The second-order valence-corrected chi connectivity index (χ2v) is 1.74. The molecule has 0 saturated carbocycles. The number of hydrogen-bond acceptors (Lipinski definition) is 4. The van der Waals surface area contributed by atoms with Gasteiger partial charge in [-0.15, -0.1) is 0 Å². The molecule has 0 heterocycles. The minimum atomic E-state index is -3.99. The van der Waals surface area contributed by atoms with Crippen LogP contribution < -0.4 is 5.11 Å². The van der Waals surface area contributed by atoms with Gasteiger partial charge in [0, 0.05) is 5.97 Å². The van der Waals surface area contributed by atoms with E-state index in [0.29, 0.717) is 0 Å². The van der Waals surface area contributed by atoms with Crippen molar-refractivity contribution >= 4 is 11.9 Å². The second-order valence-electron chi connectivity index (χ2n) is 1.74. The van der Waals surface area contributed by atoms with E-state index in [1.165, 1.54) is 0 Å². The van der Waals surface area contributed by atoms with Crippen molar-refractivity contribution in [1.82, 2.24) is 0 Å². The average molecular weight is 167 g/mol. The molecule has 0 amide bonds. The molecular formula is C5H5F2O4-. The first kappa shape index (κ1) is 9.80. The number of carbonyl (C=O) groups is 2. The van der Waals surface area contributed by atoms with Crippen LogP contribution in [0.4, 0.5) is 8.78 Å². The van der Waals surface area contributed by atoms with Crippen molar-refractivity contribution in [2.45, 2.75) is 12.3 Å². The van der Waals surface area contributed by atoms with E-state index in [2.05, 4.69) is 4.74 Å². The van der Waals surface area contributed by atoms with E-state index in [-0.39, 0.29) is 0 Å². The molecule has 0 N–H and O–H groups in total. The van der Waals surface area contributed by atoms with Gasteiger partial charge in [0.15, 0.2) is 0 Å². The van der Waals surface area contributed by atoms with Gasteiger partial charge in [0.05, 0.1) is 13.5 Å². The SMILES string of the molecule is COC(=O)C(F)(F)CC(=O)[O-]. The summed E-state index contributed by atoms with van der Waals surface area (Å²) in [6, 6.07) is 0. The number of carbonyl (C=O) groups excluding carboxylic acids is 2. The van der Waals surface area contributed by atoms with Gasteiger partial charge < -0.3 is 14.6 Å². The summed E-state index contributed by atoms with van der Waals surface area (Å²) >= 11 is 0. The maximum absolute atomic E-state index is 12.2. The molecular weight excluding hydrogens is 162 g/mol. The standard InChI is InChI=1S/C5H6F2O4/c1-11-4(10)5(6,7)2-3(8)9/h2H2,1H3,(H,8,9)/p-1. The monoisotopic (exact) mass is 167 g/mol. The minimum Gasteiger partial charge on any atom is -0.550 e. The van der Waals surface area contributed by atoms with Crippen LogP contribution in [0.1, 0.15) is 6.42 Å². The molecule has 0 atom stereocenters. The number of esters is 1. The first-order chi connectivity index (χ1) is 4.90. The molecule has 0 aliphatic rings. The fraction of sp³-hybridized carbons (Fsp3) is 0.600. The van der Waals surface area contributed by atoms with Crippen molar-refractivity contribution in [3.63, 3.8) is 0 Å². The van der Waals surface area contributed by atoms with Crippen molar-refractivity contribution in [2.24, 2.45) is 0 Å². The highest BCUT2D eigenvalue weighted by Gasteiger charge is 2.39. The lowest BCUT2D eigenvalue weighted by Crippen LogP contribution is -2.37. The van der Waals surface area contributed by atoms with Crippen molar-refractivity contribution in [2.75, 3.05) is 7.11 Å². The second kappa shape index (κ2) is 3.27. The number of methoxy groups -OCH3 is 1. The Hall–Kier alpha value is -1.20. The van der Waals surface area contributed by atoms with Crippen molar-refractivity contribution < 1.29 is 28.2 Å². The van der Waals surface area contributed by atoms with Gasteiger partial charge in [-0.3, -0.25) is 0 Å². The Balaban J connectivity index is 4.21. The topological polar surface area (TPSA) is 66.4 Å². The van der Waals surface area contributed by atoms with Crippen molar-refractivity contribution in [3.8, 4) is 0 Å². The molecule has 0 spiro atoms. The normalized spacial score (nSPS) is 10.8. The van der Waals surface area contributed by atoms with Crippen LogP contribution >= 0.6 is 0 Å². The Morgan fingerprint density at radius 2 is 2.00 bits per heavy atom. The molecule has 0 fully saturated rings. The lowest BCUT2D eigenvalue weighted by molar-refractivity contribution is -0.310. The zero-order chi connectivity index (χ0) is 9.07. The summed E-state index contributed by atoms with van der Waals surface area (Å²) in [5.74, 6) is -7.87. The van der Waals surface area contributed by atoms with Crippen molar-refractivity contribution in [3.05, 3.63) is 0 Å². The van der Waals surface area contributed by atoms with Gasteiger partial charge in [0.1, 0.15) is 0 Å². The van der Waals surface area contributed by atoms with E-state index >= 15 is 0 Å². The van der Waals surface area contributed by atoms with Gasteiger partial charge in [-0.2, -0.15) is 8.78 Å².